The maximum atomic E-state index is 3.99. The van der Waals surface area contributed by atoms with E-state index in [1.54, 1.807) is 12.4 Å². The van der Waals surface area contributed by atoms with Crippen molar-refractivity contribution in [3.63, 3.8) is 0 Å². The minimum Gasteiger partial charge on any atom is -0.355 e. The summed E-state index contributed by atoms with van der Waals surface area (Å²) in [7, 11) is 0. The van der Waals surface area contributed by atoms with Crippen molar-refractivity contribution < 1.29 is 0 Å². The number of pyridine rings is 1. The maximum Gasteiger partial charge on any atom is 0.0651 e. The first kappa shape index (κ1) is 8.91. The predicted molar refractivity (Wildman–Crippen MR) is 63.6 cm³/mol. The summed E-state index contributed by atoms with van der Waals surface area (Å²) in [6.07, 6.45) is 5.34. The third kappa shape index (κ3) is 1.61. The molecule has 0 atom stereocenters. The van der Waals surface area contributed by atoms with Crippen LogP contribution >= 0.6 is 0 Å². The molecule has 16 heavy (non-hydrogen) atoms. The molecule has 4 heteroatoms. The number of nitrogens with one attached hydrogen (secondary N) is 2. The lowest BCUT2D eigenvalue weighted by atomic mass is 10.2. The van der Waals surface area contributed by atoms with Crippen LogP contribution in [0.5, 0.6) is 0 Å². The lowest BCUT2D eigenvalue weighted by Gasteiger charge is -2.05. The molecular weight excluding hydrogens is 200 g/mol. The van der Waals surface area contributed by atoms with Crippen LogP contribution in [0.4, 0.5) is 11.4 Å². The molecule has 0 saturated heterocycles. The number of aromatic nitrogens is 3. The van der Waals surface area contributed by atoms with Crippen LogP contribution in [0.15, 0.2) is 48.9 Å². The fourth-order valence-corrected chi connectivity index (χ4v) is 1.62. The molecule has 3 aromatic rings. The molecule has 2 aromatic heterocycles. The molecule has 2 N–H and O–H groups in total. The molecule has 0 aliphatic heterocycles. The lowest BCUT2D eigenvalue weighted by molar-refractivity contribution is 1.12. The number of aromatic amines is 1. The van der Waals surface area contributed by atoms with E-state index in [1.807, 2.05) is 30.5 Å². The Labute approximate surface area is 92.3 Å². The molecule has 0 aliphatic carbocycles. The van der Waals surface area contributed by atoms with Crippen molar-refractivity contribution in [2.75, 3.05) is 5.32 Å². The Bertz CT molecular complexity index is 600. The number of anilines is 2. The SMILES string of the molecule is c1cc(Nc2ccc3[nH]ncc3c2)ccn1. The van der Waals surface area contributed by atoms with Gasteiger partial charge in [-0.05, 0) is 30.3 Å². The van der Waals surface area contributed by atoms with E-state index in [-0.39, 0.29) is 0 Å². The molecule has 0 radical (unpaired) electrons. The van der Waals surface area contributed by atoms with Crippen molar-refractivity contribution in [3.8, 4) is 0 Å². The highest BCUT2D eigenvalue weighted by atomic mass is 15.1. The Hall–Kier alpha value is -2.36. The van der Waals surface area contributed by atoms with Gasteiger partial charge in [-0.25, -0.2) is 0 Å². The van der Waals surface area contributed by atoms with Gasteiger partial charge in [0.2, 0.25) is 0 Å². The van der Waals surface area contributed by atoms with Crippen molar-refractivity contribution in [1.29, 1.82) is 0 Å². The number of fused-ring (bicyclic) bond motifs is 1. The van der Waals surface area contributed by atoms with Gasteiger partial charge in [0.25, 0.3) is 0 Å². The van der Waals surface area contributed by atoms with E-state index in [9.17, 15) is 0 Å². The molecule has 0 spiro atoms. The van der Waals surface area contributed by atoms with E-state index in [1.165, 1.54) is 0 Å². The van der Waals surface area contributed by atoms with Gasteiger partial charge in [0.05, 0.1) is 11.7 Å². The molecule has 1 aromatic carbocycles. The smallest absolute Gasteiger partial charge is 0.0651 e. The average Bonchev–Trinajstić information content (AvgIpc) is 2.77. The molecule has 0 saturated carbocycles. The van der Waals surface area contributed by atoms with Crippen LogP contribution in [0.3, 0.4) is 0 Å². The number of rotatable bonds is 2. The second-order valence-corrected chi connectivity index (χ2v) is 3.53. The number of benzene rings is 1. The van der Waals surface area contributed by atoms with E-state index >= 15 is 0 Å². The largest absolute Gasteiger partial charge is 0.355 e. The van der Waals surface area contributed by atoms with Crippen LogP contribution in [0, 0.1) is 0 Å². The van der Waals surface area contributed by atoms with Crippen LogP contribution in [0.1, 0.15) is 0 Å². The van der Waals surface area contributed by atoms with E-state index in [4.69, 9.17) is 0 Å². The quantitative estimate of drug-likeness (QED) is 0.683. The molecule has 78 valence electrons. The van der Waals surface area contributed by atoms with Crippen molar-refractivity contribution in [2.45, 2.75) is 0 Å². The van der Waals surface area contributed by atoms with E-state index in [2.05, 4.69) is 26.6 Å². The summed E-state index contributed by atoms with van der Waals surface area (Å²) >= 11 is 0. The summed E-state index contributed by atoms with van der Waals surface area (Å²) in [6, 6.07) is 9.94. The third-order valence-corrected chi connectivity index (χ3v) is 2.41. The van der Waals surface area contributed by atoms with Gasteiger partial charge >= 0.3 is 0 Å². The van der Waals surface area contributed by atoms with Crippen molar-refractivity contribution >= 4 is 22.3 Å². The number of hydrogen-bond donors (Lipinski definition) is 2. The Balaban J connectivity index is 1.94. The standard InChI is InChI=1S/C12H10N4/c1-2-12-9(8-14-16-12)7-11(1)15-10-3-5-13-6-4-10/h1-8H,(H,13,15)(H,14,16). The molecule has 0 fully saturated rings. The average molecular weight is 210 g/mol. The van der Waals surface area contributed by atoms with Gasteiger partial charge in [0.1, 0.15) is 0 Å². The van der Waals surface area contributed by atoms with Crippen LogP contribution in [0.2, 0.25) is 0 Å². The number of nitrogens with zero attached hydrogens (tertiary/aromatic N) is 2. The lowest BCUT2D eigenvalue weighted by Crippen LogP contribution is -1.89. The molecule has 3 rings (SSSR count). The summed E-state index contributed by atoms with van der Waals surface area (Å²) in [5, 5.41) is 11.3. The number of H-pyrrole nitrogens is 1. The molecule has 0 amide bonds. The second kappa shape index (κ2) is 3.66. The van der Waals surface area contributed by atoms with E-state index in [0.717, 1.165) is 22.3 Å². The maximum absolute atomic E-state index is 3.99. The van der Waals surface area contributed by atoms with Crippen molar-refractivity contribution in [1.82, 2.24) is 15.2 Å². The zero-order valence-electron chi connectivity index (χ0n) is 8.51. The van der Waals surface area contributed by atoms with Gasteiger partial charge in [-0.2, -0.15) is 5.10 Å². The normalized spacial score (nSPS) is 10.5. The fraction of sp³-hybridized carbons (Fsp3) is 0. The highest BCUT2D eigenvalue weighted by Gasteiger charge is 1.98. The van der Waals surface area contributed by atoms with Crippen LogP contribution < -0.4 is 5.32 Å². The Morgan fingerprint density at radius 3 is 2.75 bits per heavy atom. The van der Waals surface area contributed by atoms with Gasteiger partial charge in [-0.3, -0.25) is 10.1 Å². The molecule has 0 unspecified atom stereocenters. The minimum atomic E-state index is 1.03. The van der Waals surface area contributed by atoms with Crippen molar-refractivity contribution in [2.24, 2.45) is 0 Å². The first-order valence-corrected chi connectivity index (χ1v) is 5.02. The highest BCUT2D eigenvalue weighted by molar-refractivity contribution is 5.82. The van der Waals surface area contributed by atoms with Crippen molar-refractivity contribution in [3.05, 3.63) is 48.9 Å². The summed E-state index contributed by atoms with van der Waals surface area (Å²) in [4.78, 5) is 3.97. The second-order valence-electron chi connectivity index (χ2n) is 3.53. The zero-order chi connectivity index (χ0) is 10.8. The van der Waals surface area contributed by atoms with Crippen LogP contribution in [-0.2, 0) is 0 Å². The van der Waals surface area contributed by atoms with Crippen LogP contribution in [0.25, 0.3) is 10.9 Å². The molecule has 0 aliphatic rings. The summed E-state index contributed by atoms with van der Waals surface area (Å²) in [5.41, 5.74) is 3.11. The first-order chi connectivity index (χ1) is 7.92. The van der Waals surface area contributed by atoms with Gasteiger partial charge < -0.3 is 5.32 Å². The topological polar surface area (TPSA) is 53.6 Å². The summed E-state index contributed by atoms with van der Waals surface area (Å²) in [5.74, 6) is 0. The Morgan fingerprint density at radius 2 is 1.88 bits per heavy atom. The molecule has 2 heterocycles. The number of hydrogen-bond acceptors (Lipinski definition) is 3. The Kier molecular flexibility index (Phi) is 2.04. The highest BCUT2D eigenvalue weighted by Crippen LogP contribution is 2.20. The van der Waals surface area contributed by atoms with Crippen LogP contribution in [-0.4, -0.2) is 15.2 Å². The minimum absolute atomic E-state index is 1.03. The monoisotopic (exact) mass is 210 g/mol. The van der Waals surface area contributed by atoms with Gasteiger partial charge in [-0.15, -0.1) is 0 Å². The van der Waals surface area contributed by atoms with Gasteiger partial charge in [0.15, 0.2) is 0 Å². The Morgan fingerprint density at radius 1 is 1.00 bits per heavy atom. The summed E-state index contributed by atoms with van der Waals surface area (Å²) < 4.78 is 0. The van der Waals surface area contributed by atoms with E-state index in [0.29, 0.717) is 0 Å². The molecule has 4 nitrogen and oxygen atoms in total. The third-order valence-electron chi connectivity index (χ3n) is 2.41. The van der Waals surface area contributed by atoms with E-state index < -0.39 is 0 Å². The zero-order valence-corrected chi connectivity index (χ0v) is 8.51. The first-order valence-electron chi connectivity index (χ1n) is 5.02. The molecular formula is C12H10N4. The van der Waals surface area contributed by atoms with Gasteiger partial charge in [-0.1, -0.05) is 0 Å². The fourth-order valence-electron chi connectivity index (χ4n) is 1.62. The van der Waals surface area contributed by atoms with Gasteiger partial charge in [0, 0.05) is 29.2 Å². The molecule has 0 bridgehead atoms. The summed E-state index contributed by atoms with van der Waals surface area (Å²) in [6.45, 7) is 0. The predicted octanol–water partition coefficient (Wildman–Crippen LogP) is 2.70.